The van der Waals surface area contributed by atoms with Crippen LogP contribution in [0, 0.1) is 5.82 Å². The van der Waals surface area contributed by atoms with Crippen molar-refractivity contribution in [3.63, 3.8) is 0 Å². The molecular formula is C12H12ClF2N. The summed E-state index contributed by atoms with van der Waals surface area (Å²) in [6.07, 6.45) is 1.36. The second-order valence-corrected chi connectivity index (χ2v) is 4.20. The van der Waals surface area contributed by atoms with Crippen LogP contribution in [-0.4, -0.2) is 13.1 Å². The third kappa shape index (κ3) is 2.42. The second kappa shape index (κ2) is 4.93. The van der Waals surface area contributed by atoms with Crippen LogP contribution in [-0.2, 0) is 0 Å². The molecule has 1 heterocycles. The van der Waals surface area contributed by atoms with E-state index in [1.165, 1.54) is 12.1 Å². The van der Waals surface area contributed by atoms with Gasteiger partial charge in [0, 0.05) is 5.56 Å². The van der Waals surface area contributed by atoms with E-state index in [1.54, 1.807) is 0 Å². The molecule has 86 valence electrons. The molecule has 0 atom stereocenters. The number of piperidine rings is 1. The third-order valence-electron chi connectivity index (χ3n) is 2.69. The van der Waals surface area contributed by atoms with Gasteiger partial charge in [0.15, 0.2) is 0 Å². The van der Waals surface area contributed by atoms with E-state index in [0.29, 0.717) is 18.4 Å². The number of halogens is 3. The molecular weight excluding hydrogens is 232 g/mol. The number of hydrogen-bond donors (Lipinski definition) is 1. The zero-order valence-corrected chi connectivity index (χ0v) is 9.45. The number of nitrogens with one attached hydrogen (secondary N) is 1. The van der Waals surface area contributed by atoms with Crippen LogP contribution >= 0.6 is 11.6 Å². The summed E-state index contributed by atoms with van der Waals surface area (Å²) in [5.41, 5.74) is 1.05. The first-order chi connectivity index (χ1) is 7.68. The Morgan fingerprint density at radius 1 is 1.25 bits per heavy atom. The standard InChI is InChI=1S/C12H12ClF2N/c13-11-7-9(14)1-2-10(11)12(15)8-3-5-16-6-4-8/h1-2,7,16H,3-6H2. The maximum atomic E-state index is 14.1. The van der Waals surface area contributed by atoms with Gasteiger partial charge in [-0.25, -0.2) is 8.78 Å². The molecule has 0 aromatic heterocycles. The summed E-state index contributed by atoms with van der Waals surface area (Å²) in [4.78, 5) is 0. The predicted molar refractivity (Wildman–Crippen MR) is 61.5 cm³/mol. The fourth-order valence-electron chi connectivity index (χ4n) is 1.81. The van der Waals surface area contributed by atoms with E-state index in [0.717, 1.165) is 24.7 Å². The van der Waals surface area contributed by atoms with Gasteiger partial charge in [0.05, 0.1) is 5.02 Å². The average molecular weight is 244 g/mol. The minimum absolute atomic E-state index is 0.128. The van der Waals surface area contributed by atoms with Gasteiger partial charge in [-0.15, -0.1) is 0 Å². The van der Waals surface area contributed by atoms with E-state index >= 15 is 0 Å². The van der Waals surface area contributed by atoms with E-state index < -0.39 is 5.82 Å². The van der Waals surface area contributed by atoms with Gasteiger partial charge in [0.25, 0.3) is 0 Å². The molecule has 4 heteroatoms. The molecule has 0 saturated carbocycles. The molecule has 0 amide bonds. The monoisotopic (exact) mass is 243 g/mol. The highest BCUT2D eigenvalue weighted by atomic mass is 35.5. The molecule has 1 fully saturated rings. The molecule has 0 radical (unpaired) electrons. The largest absolute Gasteiger partial charge is 0.316 e. The normalized spacial score (nSPS) is 16.3. The molecule has 1 saturated heterocycles. The Labute approximate surface area is 98.1 Å². The lowest BCUT2D eigenvalue weighted by Gasteiger charge is -2.16. The maximum absolute atomic E-state index is 14.1. The summed E-state index contributed by atoms with van der Waals surface area (Å²) < 4.78 is 26.9. The summed E-state index contributed by atoms with van der Waals surface area (Å²) in [6.45, 7) is 1.56. The summed E-state index contributed by atoms with van der Waals surface area (Å²) in [5.74, 6) is -0.747. The zero-order chi connectivity index (χ0) is 11.5. The SMILES string of the molecule is FC(=C1CCNCC1)c1ccc(F)cc1Cl. The highest BCUT2D eigenvalue weighted by molar-refractivity contribution is 6.32. The number of benzene rings is 1. The highest BCUT2D eigenvalue weighted by Crippen LogP contribution is 2.31. The molecule has 0 aliphatic carbocycles. The molecule has 0 spiro atoms. The van der Waals surface area contributed by atoms with E-state index in [1.807, 2.05) is 0 Å². The van der Waals surface area contributed by atoms with Crippen LogP contribution in [0.5, 0.6) is 0 Å². The fraction of sp³-hybridized carbons (Fsp3) is 0.333. The van der Waals surface area contributed by atoms with Gasteiger partial charge in [-0.2, -0.15) is 0 Å². The topological polar surface area (TPSA) is 12.0 Å². The molecule has 0 bridgehead atoms. The molecule has 1 aliphatic rings. The van der Waals surface area contributed by atoms with Gasteiger partial charge in [-0.1, -0.05) is 11.6 Å². The van der Waals surface area contributed by atoms with Crippen molar-refractivity contribution in [1.29, 1.82) is 0 Å². The summed E-state index contributed by atoms with van der Waals surface area (Å²) in [5, 5.41) is 3.28. The van der Waals surface area contributed by atoms with Crippen molar-refractivity contribution in [1.82, 2.24) is 5.32 Å². The van der Waals surface area contributed by atoms with Gasteiger partial charge in [0.2, 0.25) is 0 Å². The van der Waals surface area contributed by atoms with E-state index in [4.69, 9.17) is 11.6 Å². The van der Waals surface area contributed by atoms with Crippen molar-refractivity contribution in [3.8, 4) is 0 Å². The molecule has 2 rings (SSSR count). The molecule has 1 aromatic carbocycles. The third-order valence-corrected chi connectivity index (χ3v) is 3.00. The Morgan fingerprint density at radius 2 is 1.94 bits per heavy atom. The van der Waals surface area contributed by atoms with Crippen LogP contribution in [0.15, 0.2) is 23.8 Å². The van der Waals surface area contributed by atoms with Crippen molar-refractivity contribution in [2.75, 3.05) is 13.1 Å². The first-order valence-corrected chi connectivity index (χ1v) is 5.60. The Kier molecular flexibility index (Phi) is 3.56. The van der Waals surface area contributed by atoms with Gasteiger partial charge in [-0.3, -0.25) is 0 Å². The molecule has 1 aliphatic heterocycles. The summed E-state index contributed by atoms with van der Waals surface area (Å²) >= 11 is 5.81. The molecule has 1 nitrogen and oxygen atoms in total. The van der Waals surface area contributed by atoms with Crippen LogP contribution < -0.4 is 5.32 Å². The van der Waals surface area contributed by atoms with Crippen LogP contribution in [0.3, 0.4) is 0 Å². The number of hydrogen-bond acceptors (Lipinski definition) is 1. The molecule has 16 heavy (non-hydrogen) atoms. The molecule has 1 N–H and O–H groups in total. The van der Waals surface area contributed by atoms with Crippen LogP contribution in [0.1, 0.15) is 18.4 Å². The van der Waals surface area contributed by atoms with Crippen molar-refractivity contribution in [3.05, 3.63) is 40.2 Å². The van der Waals surface area contributed by atoms with E-state index in [2.05, 4.69) is 5.32 Å². The fourth-order valence-corrected chi connectivity index (χ4v) is 2.06. The average Bonchev–Trinajstić information content (AvgIpc) is 2.29. The van der Waals surface area contributed by atoms with Gasteiger partial charge in [-0.05, 0) is 49.7 Å². The predicted octanol–water partition coefficient (Wildman–Crippen LogP) is 3.54. The Balaban J connectivity index is 2.35. The van der Waals surface area contributed by atoms with Gasteiger partial charge < -0.3 is 5.32 Å². The highest BCUT2D eigenvalue weighted by Gasteiger charge is 2.15. The Hall–Kier alpha value is -0.930. The van der Waals surface area contributed by atoms with Crippen molar-refractivity contribution in [2.45, 2.75) is 12.8 Å². The van der Waals surface area contributed by atoms with Crippen LogP contribution in [0.2, 0.25) is 5.02 Å². The first-order valence-electron chi connectivity index (χ1n) is 5.22. The van der Waals surface area contributed by atoms with Crippen molar-refractivity contribution < 1.29 is 8.78 Å². The first kappa shape index (κ1) is 11.6. The lowest BCUT2D eigenvalue weighted by atomic mass is 10.0. The lowest BCUT2D eigenvalue weighted by molar-refractivity contribution is 0.595. The van der Waals surface area contributed by atoms with Gasteiger partial charge in [0.1, 0.15) is 11.6 Å². The maximum Gasteiger partial charge on any atom is 0.131 e. The zero-order valence-electron chi connectivity index (χ0n) is 8.69. The van der Waals surface area contributed by atoms with Gasteiger partial charge >= 0.3 is 0 Å². The van der Waals surface area contributed by atoms with E-state index in [-0.39, 0.29) is 10.8 Å². The van der Waals surface area contributed by atoms with Crippen molar-refractivity contribution in [2.24, 2.45) is 0 Å². The summed E-state index contributed by atoms with van der Waals surface area (Å²) in [7, 11) is 0. The molecule has 1 aromatic rings. The lowest BCUT2D eigenvalue weighted by Crippen LogP contribution is -2.23. The van der Waals surface area contributed by atoms with Crippen LogP contribution in [0.4, 0.5) is 8.78 Å². The number of rotatable bonds is 1. The smallest absolute Gasteiger partial charge is 0.131 e. The minimum atomic E-state index is -0.447. The second-order valence-electron chi connectivity index (χ2n) is 3.79. The quantitative estimate of drug-likeness (QED) is 0.796. The minimum Gasteiger partial charge on any atom is -0.316 e. The summed E-state index contributed by atoms with van der Waals surface area (Å²) in [6, 6.07) is 3.75. The molecule has 0 unspecified atom stereocenters. The van der Waals surface area contributed by atoms with Crippen molar-refractivity contribution >= 4 is 17.4 Å². The Bertz CT molecular complexity index is 421. The Morgan fingerprint density at radius 3 is 2.56 bits per heavy atom. The van der Waals surface area contributed by atoms with E-state index in [9.17, 15) is 8.78 Å². The van der Waals surface area contributed by atoms with Crippen LogP contribution in [0.25, 0.3) is 5.83 Å².